The third-order valence-corrected chi connectivity index (χ3v) is 2.18. The Hall–Kier alpha value is -0.890. The first-order valence-electron chi connectivity index (χ1n) is 4.56. The maximum absolute atomic E-state index is 13.1. The first-order chi connectivity index (χ1) is 6.13. The van der Waals surface area contributed by atoms with Crippen LogP contribution in [0.3, 0.4) is 0 Å². The molecular formula is C11H15FO. The van der Waals surface area contributed by atoms with E-state index in [0.717, 1.165) is 5.56 Å². The lowest BCUT2D eigenvalue weighted by Gasteiger charge is -2.07. The molecule has 1 rings (SSSR count). The fourth-order valence-corrected chi connectivity index (χ4v) is 1.18. The Morgan fingerprint density at radius 1 is 1.46 bits per heavy atom. The fourth-order valence-electron chi connectivity index (χ4n) is 1.18. The van der Waals surface area contributed by atoms with Gasteiger partial charge in [-0.3, -0.25) is 0 Å². The van der Waals surface area contributed by atoms with Crippen molar-refractivity contribution in [3.8, 4) is 0 Å². The molecule has 0 aliphatic carbocycles. The van der Waals surface area contributed by atoms with Gasteiger partial charge in [0.2, 0.25) is 0 Å². The predicted molar refractivity (Wildman–Crippen MR) is 51.1 cm³/mol. The molecule has 2 heteroatoms. The lowest BCUT2D eigenvalue weighted by Crippen LogP contribution is -2.08. The highest BCUT2D eigenvalue weighted by Crippen LogP contribution is 2.11. The molecule has 0 spiro atoms. The van der Waals surface area contributed by atoms with Gasteiger partial charge in [-0.2, -0.15) is 0 Å². The predicted octanol–water partition coefficient (Wildman–Crippen LogP) is 2.45. The highest BCUT2D eigenvalue weighted by Gasteiger charge is 2.04. The number of hydrogen-bond donors (Lipinski definition) is 1. The van der Waals surface area contributed by atoms with Crippen LogP contribution in [-0.4, -0.2) is 11.2 Å². The van der Waals surface area contributed by atoms with Crippen LogP contribution >= 0.6 is 0 Å². The van der Waals surface area contributed by atoms with E-state index in [2.05, 4.69) is 0 Å². The molecule has 0 saturated heterocycles. The van der Waals surface area contributed by atoms with Gasteiger partial charge in [-0.1, -0.05) is 19.1 Å². The summed E-state index contributed by atoms with van der Waals surface area (Å²) >= 11 is 0. The zero-order valence-electron chi connectivity index (χ0n) is 8.05. The maximum Gasteiger partial charge on any atom is 0.126 e. The van der Waals surface area contributed by atoms with Crippen LogP contribution in [0.15, 0.2) is 18.2 Å². The van der Waals surface area contributed by atoms with E-state index >= 15 is 0 Å². The van der Waals surface area contributed by atoms with Crippen LogP contribution in [0.5, 0.6) is 0 Å². The van der Waals surface area contributed by atoms with Crippen LogP contribution in [0.1, 0.15) is 24.5 Å². The van der Waals surface area contributed by atoms with Crippen molar-refractivity contribution in [3.05, 3.63) is 35.1 Å². The van der Waals surface area contributed by atoms with Crippen LogP contribution < -0.4 is 0 Å². The standard InChI is InChI=1S/C11H15FO/c1-3-10(13)6-9-5-4-8(2)11(12)7-9/h4-5,7,10,13H,3,6H2,1-2H3/t10-/m0/s1. The van der Waals surface area contributed by atoms with Gasteiger partial charge >= 0.3 is 0 Å². The van der Waals surface area contributed by atoms with Gasteiger partial charge in [0.05, 0.1) is 6.10 Å². The topological polar surface area (TPSA) is 20.2 Å². The van der Waals surface area contributed by atoms with Gasteiger partial charge in [0.25, 0.3) is 0 Å². The van der Waals surface area contributed by atoms with Crippen molar-refractivity contribution >= 4 is 0 Å². The average Bonchev–Trinajstić information content (AvgIpc) is 2.11. The monoisotopic (exact) mass is 182 g/mol. The number of benzene rings is 1. The SMILES string of the molecule is CC[C@H](O)Cc1ccc(C)c(F)c1. The molecule has 0 saturated carbocycles. The van der Waals surface area contributed by atoms with Crippen LogP contribution in [0.2, 0.25) is 0 Å². The molecule has 1 aromatic rings. The van der Waals surface area contributed by atoms with Gasteiger partial charge in [0.15, 0.2) is 0 Å². The Kier molecular flexibility index (Phi) is 3.43. The molecule has 13 heavy (non-hydrogen) atoms. The quantitative estimate of drug-likeness (QED) is 0.761. The summed E-state index contributed by atoms with van der Waals surface area (Å²) in [5.41, 5.74) is 1.51. The molecule has 0 aromatic heterocycles. The summed E-state index contributed by atoms with van der Waals surface area (Å²) in [4.78, 5) is 0. The second kappa shape index (κ2) is 4.38. The zero-order valence-corrected chi connectivity index (χ0v) is 8.05. The normalized spacial score (nSPS) is 12.9. The number of hydrogen-bond acceptors (Lipinski definition) is 1. The van der Waals surface area contributed by atoms with Crippen LogP contribution in [0.25, 0.3) is 0 Å². The van der Waals surface area contributed by atoms with Gasteiger partial charge in [-0.25, -0.2) is 4.39 Å². The van der Waals surface area contributed by atoms with Crippen molar-refractivity contribution in [3.63, 3.8) is 0 Å². The Balaban J connectivity index is 2.73. The third-order valence-electron chi connectivity index (χ3n) is 2.18. The number of aliphatic hydroxyl groups is 1. The molecule has 1 aromatic carbocycles. The molecule has 0 radical (unpaired) electrons. The molecule has 1 N–H and O–H groups in total. The number of aryl methyl sites for hydroxylation is 1. The van der Waals surface area contributed by atoms with Crippen LogP contribution in [-0.2, 0) is 6.42 Å². The zero-order chi connectivity index (χ0) is 9.84. The van der Waals surface area contributed by atoms with E-state index < -0.39 is 0 Å². The lowest BCUT2D eigenvalue weighted by molar-refractivity contribution is 0.170. The minimum absolute atomic E-state index is 0.194. The Morgan fingerprint density at radius 2 is 2.15 bits per heavy atom. The summed E-state index contributed by atoms with van der Waals surface area (Å²) in [6, 6.07) is 5.10. The highest BCUT2D eigenvalue weighted by atomic mass is 19.1. The Bertz CT molecular complexity index is 283. The van der Waals surface area contributed by atoms with Crippen molar-refractivity contribution in [2.45, 2.75) is 32.8 Å². The molecule has 0 aliphatic rings. The van der Waals surface area contributed by atoms with Gasteiger partial charge in [-0.15, -0.1) is 0 Å². The molecule has 1 atom stereocenters. The Labute approximate surface area is 78.2 Å². The van der Waals surface area contributed by atoms with E-state index in [1.807, 2.05) is 13.0 Å². The van der Waals surface area contributed by atoms with Gasteiger partial charge < -0.3 is 5.11 Å². The van der Waals surface area contributed by atoms with E-state index in [0.29, 0.717) is 18.4 Å². The minimum Gasteiger partial charge on any atom is -0.393 e. The van der Waals surface area contributed by atoms with Crippen molar-refractivity contribution in [1.82, 2.24) is 0 Å². The first-order valence-corrected chi connectivity index (χ1v) is 4.56. The van der Waals surface area contributed by atoms with Crippen molar-refractivity contribution in [2.24, 2.45) is 0 Å². The third kappa shape index (κ3) is 2.81. The first kappa shape index (κ1) is 10.2. The molecule has 0 amide bonds. The highest BCUT2D eigenvalue weighted by molar-refractivity contribution is 5.23. The summed E-state index contributed by atoms with van der Waals surface area (Å²) in [6.07, 6.45) is 0.880. The fraction of sp³-hybridized carbons (Fsp3) is 0.455. The van der Waals surface area contributed by atoms with Crippen molar-refractivity contribution in [2.75, 3.05) is 0 Å². The van der Waals surface area contributed by atoms with Crippen LogP contribution in [0.4, 0.5) is 4.39 Å². The van der Waals surface area contributed by atoms with E-state index in [1.54, 1.807) is 13.0 Å². The molecule has 0 unspecified atom stereocenters. The minimum atomic E-state index is -0.359. The van der Waals surface area contributed by atoms with Crippen LogP contribution in [0, 0.1) is 12.7 Å². The summed E-state index contributed by atoms with van der Waals surface area (Å²) in [5, 5.41) is 9.35. The second-order valence-corrected chi connectivity index (χ2v) is 3.35. The molecule has 0 bridgehead atoms. The van der Waals surface area contributed by atoms with E-state index in [1.165, 1.54) is 6.07 Å². The molecule has 1 nitrogen and oxygen atoms in total. The van der Waals surface area contributed by atoms with E-state index in [9.17, 15) is 9.50 Å². The summed E-state index contributed by atoms with van der Waals surface area (Å²) in [5.74, 6) is -0.194. The molecule has 0 fully saturated rings. The van der Waals surface area contributed by atoms with Gasteiger partial charge in [-0.05, 0) is 37.0 Å². The molecular weight excluding hydrogens is 167 g/mol. The number of aliphatic hydroxyl groups excluding tert-OH is 1. The summed E-state index contributed by atoms with van der Waals surface area (Å²) < 4.78 is 13.1. The summed E-state index contributed by atoms with van der Waals surface area (Å²) in [7, 11) is 0. The second-order valence-electron chi connectivity index (χ2n) is 3.35. The lowest BCUT2D eigenvalue weighted by atomic mass is 10.0. The molecule has 0 heterocycles. The largest absolute Gasteiger partial charge is 0.393 e. The van der Waals surface area contributed by atoms with Gasteiger partial charge in [0.1, 0.15) is 5.82 Å². The van der Waals surface area contributed by atoms with E-state index in [-0.39, 0.29) is 11.9 Å². The average molecular weight is 182 g/mol. The van der Waals surface area contributed by atoms with Crippen molar-refractivity contribution in [1.29, 1.82) is 0 Å². The smallest absolute Gasteiger partial charge is 0.126 e. The van der Waals surface area contributed by atoms with Crippen molar-refractivity contribution < 1.29 is 9.50 Å². The molecule has 72 valence electrons. The number of halogens is 1. The summed E-state index contributed by atoms with van der Waals surface area (Å²) in [6.45, 7) is 3.64. The maximum atomic E-state index is 13.1. The Morgan fingerprint density at radius 3 is 2.69 bits per heavy atom. The van der Waals surface area contributed by atoms with E-state index in [4.69, 9.17) is 0 Å². The number of rotatable bonds is 3. The molecule has 0 aliphatic heterocycles. The van der Waals surface area contributed by atoms with Gasteiger partial charge in [0, 0.05) is 0 Å².